The first-order valence-corrected chi connectivity index (χ1v) is 15.4. The van der Waals surface area contributed by atoms with Crippen LogP contribution in [0.1, 0.15) is 133 Å². The maximum atomic E-state index is 11.7. The van der Waals surface area contributed by atoms with E-state index in [1.54, 1.807) is 13.8 Å². The Morgan fingerprint density at radius 3 is 0.907 bits per heavy atom. The van der Waals surface area contributed by atoms with Gasteiger partial charge in [-0.15, -0.1) is 0 Å². The summed E-state index contributed by atoms with van der Waals surface area (Å²) in [4.78, 5) is 91.5. The van der Waals surface area contributed by atoms with Crippen molar-refractivity contribution in [2.24, 2.45) is 0 Å². The van der Waals surface area contributed by atoms with Crippen molar-refractivity contribution >= 4 is 47.8 Å². The zero-order valence-electron chi connectivity index (χ0n) is 28.8. The molecule has 4 rings (SSSR count). The van der Waals surface area contributed by atoms with Gasteiger partial charge in [0.05, 0.1) is 44.5 Å². The average Bonchev–Trinajstić information content (AvgIpc) is 3.10. The molecule has 4 aromatic rings. The SMILES string of the molecule is CC(C)(c1ccc(C(=O)O)c(C(=O)O)c1)c1ccc(C(=O)O)c(C(=O)O)c1.CC(C)(c1cccc(C(=O)O)c1C(=O)O)c1cccc(C(=O)O)c1C(=O)O. The number of carboxylic acid groups (broad SMARTS) is 8. The van der Waals surface area contributed by atoms with E-state index < -0.39 is 92.0 Å². The highest BCUT2D eigenvalue weighted by Crippen LogP contribution is 2.38. The van der Waals surface area contributed by atoms with E-state index in [0.717, 1.165) is 12.1 Å². The first-order valence-electron chi connectivity index (χ1n) is 15.4. The minimum absolute atomic E-state index is 0.0555. The molecule has 16 heteroatoms. The van der Waals surface area contributed by atoms with Gasteiger partial charge >= 0.3 is 47.8 Å². The Morgan fingerprint density at radius 1 is 0.352 bits per heavy atom. The highest BCUT2D eigenvalue weighted by Gasteiger charge is 2.36. The number of hydrogen-bond acceptors (Lipinski definition) is 8. The summed E-state index contributed by atoms with van der Waals surface area (Å²) in [6, 6.07) is 15.4. The van der Waals surface area contributed by atoms with Gasteiger partial charge in [0, 0.05) is 10.8 Å². The van der Waals surface area contributed by atoms with Gasteiger partial charge in [-0.05, 0) is 58.7 Å². The summed E-state index contributed by atoms with van der Waals surface area (Å²) >= 11 is 0. The molecular weight excluding hydrogens is 712 g/mol. The fraction of sp³-hybridized carbons (Fsp3) is 0.158. The molecule has 280 valence electrons. The maximum absolute atomic E-state index is 11.7. The lowest BCUT2D eigenvalue weighted by atomic mass is 9.72. The molecule has 0 saturated carbocycles. The number of rotatable bonds is 12. The smallest absolute Gasteiger partial charge is 0.336 e. The highest BCUT2D eigenvalue weighted by molar-refractivity contribution is 6.05. The van der Waals surface area contributed by atoms with Crippen molar-refractivity contribution in [3.63, 3.8) is 0 Å². The third-order valence-electron chi connectivity index (χ3n) is 8.77. The van der Waals surface area contributed by atoms with Crippen LogP contribution in [0.2, 0.25) is 0 Å². The van der Waals surface area contributed by atoms with E-state index in [9.17, 15) is 69.0 Å². The molecule has 0 amide bonds. The normalized spacial score (nSPS) is 11.0. The van der Waals surface area contributed by atoms with Gasteiger partial charge in [-0.25, -0.2) is 38.4 Å². The molecule has 0 heterocycles. The van der Waals surface area contributed by atoms with Gasteiger partial charge < -0.3 is 40.9 Å². The summed E-state index contributed by atoms with van der Waals surface area (Å²) in [6.07, 6.45) is 0. The van der Waals surface area contributed by atoms with E-state index >= 15 is 0 Å². The van der Waals surface area contributed by atoms with Gasteiger partial charge in [-0.2, -0.15) is 0 Å². The topological polar surface area (TPSA) is 298 Å². The maximum Gasteiger partial charge on any atom is 0.336 e. The Morgan fingerprint density at radius 2 is 0.648 bits per heavy atom. The number of carboxylic acids is 8. The van der Waals surface area contributed by atoms with Gasteiger partial charge in [0.2, 0.25) is 0 Å². The zero-order chi connectivity index (χ0) is 41.0. The monoisotopic (exact) mass is 744 g/mol. The van der Waals surface area contributed by atoms with Gasteiger partial charge in [-0.1, -0.05) is 64.1 Å². The van der Waals surface area contributed by atoms with Crippen molar-refractivity contribution in [3.8, 4) is 0 Å². The molecule has 4 aromatic carbocycles. The Kier molecular flexibility index (Phi) is 11.8. The largest absolute Gasteiger partial charge is 0.478 e. The number of aromatic carboxylic acids is 8. The second kappa shape index (κ2) is 15.5. The molecule has 0 radical (unpaired) electrons. The van der Waals surface area contributed by atoms with Crippen molar-refractivity contribution in [2.45, 2.75) is 38.5 Å². The zero-order valence-corrected chi connectivity index (χ0v) is 28.8. The van der Waals surface area contributed by atoms with E-state index in [1.807, 2.05) is 0 Å². The molecule has 0 unspecified atom stereocenters. The molecule has 0 atom stereocenters. The third kappa shape index (κ3) is 8.07. The average molecular weight is 745 g/mol. The molecule has 0 aliphatic heterocycles. The standard InChI is InChI=1S/2C19H16O8/c1-19(2,9-3-5-11(15(20)21)13(7-9)17(24)25)10-4-6-12(16(22)23)14(8-10)18(26)27;1-19(2,11-7-3-5-9(15(20)21)13(11)17(24)25)12-8-4-6-10(16(22)23)14(12)18(26)27/h2*3-8H,1-2H3,(H,20,21)(H,22,23)(H,24,25)(H,26,27). The van der Waals surface area contributed by atoms with Crippen LogP contribution in [-0.4, -0.2) is 88.6 Å². The Labute approximate surface area is 304 Å². The van der Waals surface area contributed by atoms with Crippen LogP contribution >= 0.6 is 0 Å². The fourth-order valence-corrected chi connectivity index (χ4v) is 5.87. The molecule has 0 aliphatic carbocycles. The van der Waals surface area contributed by atoms with Crippen molar-refractivity contribution in [2.75, 3.05) is 0 Å². The van der Waals surface area contributed by atoms with Crippen molar-refractivity contribution in [3.05, 3.63) is 140 Å². The second-order valence-corrected chi connectivity index (χ2v) is 12.7. The lowest BCUT2D eigenvalue weighted by molar-refractivity contribution is 0.0647. The highest BCUT2D eigenvalue weighted by atomic mass is 16.4. The molecule has 0 spiro atoms. The third-order valence-corrected chi connectivity index (χ3v) is 8.77. The molecule has 0 aromatic heterocycles. The lowest BCUT2D eigenvalue weighted by Gasteiger charge is -2.30. The van der Waals surface area contributed by atoms with Crippen LogP contribution in [-0.2, 0) is 10.8 Å². The predicted octanol–water partition coefficient (Wildman–Crippen LogP) is 5.61. The summed E-state index contributed by atoms with van der Waals surface area (Å²) in [6.45, 7) is 6.40. The quantitative estimate of drug-likeness (QED) is 0.0874. The molecular formula is C38H32O16. The summed E-state index contributed by atoms with van der Waals surface area (Å²) in [7, 11) is 0. The van der Waals surface area contributed by atoms with Crippen molar-refractivity contribution in [1.29, 1.82) is 0 Å². The van der Waals surface area contributed by atoms with Crippen LogP contribution in [0, 0.1) is 0 Å². The number of benzene rings is 4. The Hall–Kier alpha value is -7.36. The van der Waals surface area contributed by atoms with Gasteiger partial charge in [0.25, 0.3) is 0 Å². The summed E-state index contributed by atoms with van der Waals surface area (Å²) < 4.78 is 0. The van der Waals surface area contributed by atoms with Crippen LogP contribution in [0.15, 0.2) is 72.8 Å². The van der Waals surface area contributed by atoms with Gasteiger partial charge in [0.15, 0.2) is 0 Å². The number of carbonyl (C=O) groups is 8. The molecule has 0 fully saturated rings. The van der Waals surface area contributed by atoms with E-state index in [-0.39, 0.29) is 22.3 Å². The molecule has 0 aliphatic rings. The molecule has 54 heavy (non-hydrogen) atoms. The van der Waals surface area contributed by atoms with Crippen LogP contribution in [0.4, 0.5) is 0 Å². The minimum atomic E-state index is -1.48. The van der Waals surface area contributed by atoms with E-state index in [4.69, 9.17) is 10.2 Å². The van der Waals surface area contributed by atoms with Crippen LogP contribution in [0.5, 0.6) is 0 Å². The van der Waals surface area contributed by atoms with Crippen molar-refractivity contribution in [1.82, 2.24) is 0 Å². The van der Waals surface area contributed by atoms with Crippen LogP contribution in [0.25, 0.3) is 0 Å². The molecule has 8 N–H and O–H groups in total. The predicted molar refractivity (Wildman–Crippen MR) is 186 cm³/mol. The summed E-state index contributed by atoms with van der Waals surface area (Å²) in [5.41, 5.74) is -4.61. The lowest BCUT2D eigenvalue weighted by Crippen LogP contribution is -2.28. The van der Waals surface area contributed by atoms with Gasteiger partial charge in [-0.3, -0.25) is 0 Å². The second-order valence-electron chi connectivity index (χ2n) is 12.7. The van der Waals surface area contributed by atoms with Gasteiger partial charge in [0.1, 0.15) is 0 Å². The van der Waals surface area contributed by atoms with E-state index in [2.05, 4.69) is 0 Å². The first-order chi connectivity index (χ1) is 25.0. The van der Waals surface area contributed by atoms with Crippen molar-refractivity contribution < 1.29 is 79.2 Å². The van der Waals surface area contributed by atoms with E-state index in [0.29, 0.717) is 11.1 Å². The summed E-state index contributed by atoms with van der Waals surface area (Å²) in [5, 5.41) is 74.5. The van der Waals surface area contributed by atoms with Crippen LogP contribution in [0.3, 0.4) is 0 Å². The Bertz CT molecular complexity index is 2110. The molecule has 0 saturated heterocycles. The number of hydrogen-bond donors (Lipinski definition) is 8. The van der Waals surface area contributed by atoms with E-state index in [1.165, 1.54) is 74.5 Å². The molecule has 0 bridgehead atoms. The van der Waals surface area contributed by atoms with Crippen LogP contribution < -0.4 is 0 Å². The Balaban J connectivity index is 0.000000290. The molecule has 16 nitrogen and oxygen atoms in total. The summed E-state index contributed by atoms with van der Waals surface area (Å²) in [5.74, 6) is -11.4. The fourth-order valence-electron chi connectivity index (χ4n) is 5.87. The first kappa shape index (κ1) is 41.1. The minimum Gasteiger partial charge on any atom is -0.478 e.